The number of carbonyl (C=O) groups is 3. The van der Waals surface area contributed by atoms with Gasteiger partial charge < -0.3 is 25.0 Å². The zero-order valence-corrected chi connectivity index (χ0v) is 23.7. The van der Waals surface area contributed by atoms with Crippen molar-refractivity contribution in [3.8, 4) is 6.01 Å². The van der Waals surface area contributed by atoms with Crippen molar-refractivity contribution in [3.63, 3.8) is 0 Å². The number of aliphatic hydroxyl groups excluding tert-OH is 1. The number of ether oxygens (including phenoxy) is 1. The predicted octanol–water partition coefficient (Wildman–Crippen LogP) is 3.23. The second kappa shape index (κ2) is 12.9. The maximum atomic E-state index is 13.8. The summed E-state index contributed by atoms with van der Waals surface area (Å²) in [5, 5.41) is 18.5. The van der Waals surface area contributed by atoms with Crippen molar-refractivity contribution in [2.45, 2.75) is 18.8 Å². The smallest absolute Gasteiger partial charge is 0.323 e. The summed E-state index contributed by atoms with van der Waals surface area (Å²) in [5.74, 6) is -1.33. The van der Waals surface area contributed by atoms with E-state index in [1.807, 2.05) is 0 Å². The van der Waals surface area contributed by atoms with Crippen LogP contribution in [0.5, 0.6) is 6.01 Å². The second-order valence-electron chi connectivity index (χ2n) is 10.2. The highest BCUT2D eigenvalue weighted by molar-refractivity contribution is 6.00. The van der Waals surface area contributed by atoms with Gasteiger partial charge in [-0.3, -0.25) is 9.59 Å². The molecule has 1 saturated heterocycles. The van der Waals surface area contributed by atoms with Gasteiger partial charge in [0.05, 0.1) is 0 Å². The van der Waals surface area contributed by atoms with Gasteiger partial charge in [-0.25, -0.2) is 9.18 Å². The first kappa shape index (κ1) is 29.5. The normalized spacial score (nSPS) is 15.5. The average Bonchev–Trinajstić information content (AvgIpc) is 3.47. The first-order valence-corrected chi connectivity index (χ1v) is 13.7. The number of hydrogen-bond acceptors (Lipinski definition) is 8. The van der Waals surface area contributed by atoms with E-state index >= 15 is 0 Å². The van der Waals surface area contributed by atoms with Gasteiger partial charge in [0.1, 0.15) is 24.6 Å². The van der Waals surface area contributed by atoms with E-state index in [0.29, 0.717) is 30.8 Å². The zero-order valence-electron chi connectivity index (χ0n) is 23.7. The number of hydrogen-bond donors (Lipinski definition) is 2. The Balaban J connectivity index is 1.47. The summed E-state index contributed by atoms with van der Waals surface area (Å²) < 4.78 is 20.3. The van der Waals surface area contributed by atoms with E-state index in [0.717, 1.165) is 4.68 Å². The van der Waals surface area contributed by atoms with Gasteiger partial charge in [-0.15, -0.1) is 9.78 Å². The number of rotatable bonds is 8. The summed E-state index contributed by atoms with van der Waals surface area (Å²) in [5.41, 5.74) is 1.33. The van der Waals surface area contributed by atoms with Crippen LogP contribution in [0.1, 0.15) is 49.8 Å². The van der Waals surface area contributed by atoms with Crippen molar-refractivity contribution in [1.29, 1.82) is 0 Å². The van der Waals surface area contributed by atoms with Crippen molar-refractivity contribution in [2.24, 2.45) is 0 Å². The van der Waals surface area contributed by atoms with Crippen LogP contribution in [0.3, 0.4) is 0 Å². The van der Waals surface area contributed by atoms with Crippen LogP contribution in [0, 0.1) is 5.82 Å². The number of aliphatic hydroxyl groups is 1. The molecule has 2 unspecified atom stereocenters. The summed E-state index contributed by atoms with van der Waals surface area (Å²) >= 11 is 0. The molecule has 1 aliphatic rings. The molecular weight excluding hydrogens is 555 g/mol. The van der Waals surface area contributed by atoms with Crippen LogP contribution in [-0.4, -0.2) is 81.1 Å². The molecule has 2 amide bonds. The van der Waals surface area contributed by atoms with Gasteiger partial charge in [0, 0.05) is 44.9 Å². The molecule has 0 aliphatic carbocycles. The van der Waals surface area contributed by atoms with Crippen molar-refractivity contribution in [1.82, 2.24) is 29.9 Å². The van der Waals surface area contributed by atoms with Gasteiger partial charge in [0.25, 0.3) is 5.91 Å². The minimum absolute atomic E-state index is 0.0285. The quantitative estimate of drug-likeness (QED) is 0.301. The first-order valence-electron chi connectivity index (χ1n) is 13.7. The number of amides is 2. The lowest BCUT2D eigenvalue weighted by atomic mass is 9.98. The number of carbonyl (C=O) groups excluding carboxylic acids is 3. The lowest BCUT2D eigenvalue weighted by molar-refractivity contribution is 0.0746. The molecule has 1 fully saturated rings. The molecule has 1 aliphatic heterocycles. The van der Waals surface area contributed by atoms with Crippen LogP contribution in [-0.2, 0) is 6.61 Å². The largest absolute Gasteiger partial charge is 0.458 e. The summed E-state index contributed by atoms with van der Waals surface area (Å²) in [4.78, 5) is 47.2. The van der Waals surface area contributed by atoms with E-state index in [9.17, 15) is 23.9 Å². The number of nitrogens with one attached hydrogen (secondary N) is 1. The second-order valence-corrected chi connectivity index (χ2v) is 10.2. The van der Waals surface area contributed by atoms with Crippen LogP contribution in [0.15, 0.2) is 78.9 Å². The summed E-state index contributed by atoms with van der Waals surface area (Å²) in [6.45, 7) is 1.32. The Kier molecular flexibility index (Phi) is 8.88. The van der Waals surface area contributed by atoms with Crippen molar-refractivity contribution < 1.29 is 28.6 Å². The van der Waals surface area contributed by atoms with E-state index in [4.69, 9.17) is 4.74 Å². The minimum atomic E-state index is -1.49. The molecule has 2 N–H and O–H groups in total. The molecule has 2 heterocycles. The Morgan fingerprint density at radius 2 is 1.77 bits per heavy atom. The lowest BCUT2D eigenvalue weighted by Gasteiger charge is -2.36. The molecule has 0 bridgehead atoms. The maximum Gasteiger partial charge on any atom is 0.323 e. The SMILES string of the molecule is CN(C)C(=O)N1CCNCC1c1nc(OCc2ccc(F)cc2)n(C(=O)c2cccc(C(O)C(=O)c3ccccc3)c2)n1. The third kappa shape index (κ3) is 6.60. The Morgan fingerprint density at radius 3 is 2.49 bits per heavy atom. The van der Waals surface area contributed by atoms with Crippen LogP contribution >= 0.6 is 0 Å². The van der Waals surface area contributed by atoms with E-state index in [1.165, 1.54) is 29.2 Å². The zero-order chi connectivity index (χ0) is 30.5. The predicted molar refractivity (Wildman–Crippen MR) is 154 cm³/mol. The van der Waals surface area contributed by atoms with Gasteiger partial charge in [-0.2, -0.15) is 4.98 Å². The van der Waals surface area contributed by atoms with E-state index in [-0.39, 0.29) is 35.6 Å². The van der Waals surface area contributed by atoms with E-state index < -0.39 is 29.7 Å². The first-order chi connectivity index (χ1) is 20.7. The fraction of sp³-hybridized carbons (Fsp3) is 0.258. The van der Waals surface area contributed by atoms with Gasteiger partial charge in [0.15, 0.2) is 11.6 Å². The molecular formula is C31H31FN6O5. The fourth-order valence-electron chi connectivity index (χ4n) is 4.70. The van der Waals surface area contributed by atoms with E-state index in [1.54, 1.807) is 73.6 Å². The number of aromatic nitrogens is 3. The van der Waals surface area contributed by atoms with Crippen LogP contribution in [0.2, 0.25) is 0 Å². The molecule has 5 rings (SSSR count). The maximum absolute atomic E-state index is 13.8. The highest BCUT2D eigenvalue weighted by atomic mass is 19.1. The van der Waals surface area contributed by atoms with Gasteiger partial charge in [0.2, 0.25) is 0 Å². The van der Waals surface area contributed by atoms with Crippen LogP contribution in [0.4, 0.5) is 9.18 Å². The molecule has 0 spiro atoms. The Labute approximate surface area is 247 Å². The monoisotopic (exact) mass is 586 g/mol. The Bertz CT molecular complexity index is 1610. The molecule has 2 atom stereocenters. The van der Waals surface area contributed by atoms with Crippen LogP contribution < -0.4 is 10.1 Å². The summed E-state index contributed by atoms with van der Waals surface area (Å²) in [6, 6.07) is 19.2. The number of urea groups is 1. The molecule has 4 aromatic rings. The molecule has 0 radical (unpaired) electrons. The standard InChI is InChI=1S/C31H31FN6O5/c1-36(2)31(42)37-16-15-33-18-25(37)28-34-30(43-19-20-11-13-24(32)14-12-20)38(35-28)29(41)23-10-6-9-22(17-23)27(40)26(39)21-7-4-3-5-8-21/h3-14,17,25,27,33,40H,15-16,18-19H2,1-2H3. The lowest BCUT2D eigenvalue weighted by Crippen LogP contribution is -2.52. The van der Waals surface area contributed by atoms with Gasteiger partial charge in [-0.05, 0) is 35.4 Å². The Morgan fingerprint density at radius 1 is 1.05 bits per heavy atom. The fourth-order valence-corrected chi connectivity index (χ4v) is 4.70. The van der Waals surface area contributed by atoms with Crippen molar-refractivity contribution >= 4 is 17.7 Å². The number of ketones is 1. The van der Waals surface area contributed by atoms with Crippen molar-refractivity contribution in [3.05, 3.63) is 113 Å². The number of benzene rings is 3. The Hall–Kier alpha value is -4.94. The van der Waals surface area contributed by atoms with Gasteiger partial charge in [-0.1, -0.05) is 54.6 Å². The van der Waals surface area contributed by atoms with Crippen molar-refractivity contribution in [2.75, 3.05) is 33.7 Å². The molecule has 11 nitrogen and oxygen atoms in total. The minimum Gasteiger partial charge on any atom is -0.458 e. The van der Waals surface area contributed by atoms with Gasteiger partial charge >= 0.3 is 12.0 Å². The molecule has 222 valence electrons. The van der Waals surface area contributed by atoms with E-state index in [2.05, 4.69) is 15.4 Å². The molecule has 12 heteroatoms. The number of nitrogens with zero attached hydrogens (tertiary/aromatic N) is 5. The number of halogens is 1. The highest BCUT2D eigenvalue weighted by Crippen LogP contribution is 2.25. The third-order valence-electron chi connectivity index (χ3n) is 6.99. The molecule has 43 heavy (non-hydrogen) atoms. The average molecular weight is 587 g/mol. The number of Topliss-reactive ketones (excluding diaryl/α,β-unsaturated/α-hetero) is 1. The topological polar surface area (TPSA) is 130 Å². The molecule has 3 aromatic carbocycles. The third-order valence-corrected chi connectivity index (χ3v) is 6.99. The molecule has 0 saturated carbocycles. The highest BCUT2D eigenvalue weighted by Gasteiger charge is 2.34. The van der Waals surface area contributed by atoms with Crippen LogP contribution in [0.25, 0.3) is 0 Å². The summed E-state index contributed by atoms with van der Waals surface area (Å²) in [6.07, 6.45) is -1.49. The summed E-state index contributed by atoms with van der Waals surface area (Å²) in [7, 11) is 3.30. The number of piperazine rings is 1. The molecule has 1 aromatic heterocycles.